The van der Waals surface area contributed by atoms with Crippen molar-refractivity contribution in [1.29, 1.82) is 0 Å². The SMILES string of the molecule is C/C(=N/NC(=O)[C@H]1COc2ccccc2O1)c1ccc2c(c1)OCCO2. The summed E-state index contributed by atoms with van der Waals surface area (Å²) < 4.78 is 22.3. The van der Waals surface area contributed by atoms with E-state index in [0.29, 0.717) is 41.9 Å². The highest BCUT2D eigenvalue weighted by molar-refractivity contribution is 6.00. The Balaban J connectivity index is 1.42. The Kier molecular flexibility index (Phi) is 4.35. The third-order valence-corrected chi connectivity index (χ3v) is 4.09. The van der Waals surface area contributed by atoms with Crippen LogP contribution in [0.2, 0.25) is 0 Å². The summed E-state index contributed by atoms with van der Waals surface area (Å²) in [7, 11) is 0. The molecule has 1 N–H and O–H groups in total. The number of para-hydroxylation sites is 2. The minimum Gasteiger partial charge on any atom is -0.486 e. The predicted octanol–water partition coefficient (Wildman–Crippen LogP) is 2.14. The number of amides is 1. The number of nitrogens with zero attached hydrogens (tertiary/aromatic N) is 1. The van der Waals surface area contributed by atoms with E-state index in [2.05, 4.69) is 10.5 Å². The molecule has 0 fully saturated rings. The molecule has 0 saturated carbocycles. The minimum atomic E-state index is -0.748. The van der Waals surface area contributed by atoms with Crippen molar-refractivity contribution in [3.8, 4) is 23.0 Å². The lowest BCUT2D eigenvalue weighted by Crippen LogP contribution is -2.42. The molecule has 134 valence electrons. The molecule has 0 unspecified atom stereocenters. The van der Waals surface area contributed by atoms with Crippen LogP contribution in [-0.4, -0.2) is 37.5 Å². The van der Waals surface area contributed by atoms with Crippen LogP contribution in [0.5, 0.6) is 23.0 Å². The summed E-state index contributed by atoms with van der Waals surface area (Å²) >= 11 is 0. The van der Waals surface area contributed by atoms with Gasteiger partial charge in [-0.2, -0.15) is 5.10 Å². The highest BCUT2D eigenvalue weighted by Gasteiger charge is 2.27. The Morgan fingerprint density at radius 1 is 1.00 bits per heavy atom. The monoisotopic (exact) mass is 354 g/mol. The molecule has 0 aliphatic carbocycles. The first-order valence-corrected chi connectivity index (χ1v) is 8.33. The molecule has 0 saturated heterocycles. The molecule has 1 atom stereocenters. The summed E-state index contributed by atoms with van der Waals surface area (Å²) in [4.78, 5) is 12.3. The van der Waals surface area contributed by atoms with Gasteiger partial charge < -0.3 is 18.9 Å². The van der Waals surface area contributed by atoms with Crippen molar-refractivity contribution >= 4 is 11.6 Å². The lowest BCUT2D eigenvalue weighted by Gasteiger charge is -2.24. The maximum absolute atomic E-state index is 12.3. The van der Waals surface area contributed by atoms with Crippen molar-refractivity contribution in [3.05, 3.63) is 48.0 Å². The second-order valence-electron chi connectivity index (χ2n) is 5.90. The fourth-order valence-electron chi connectivity index (χ4n) is 2.69. The smallest absolute Gasteiger partial charge is 0.284 e. The van der Waals surface area contributed by atoms with Gasteiger partial charge in [0.2, 0.25) is 6.10 Å². The van der Waals surface area contributed by atoms with E-state index < -0.39 is 6.10 Å². The van der Waals surface area contributed by atoms with Gasteiger partial charge in [0.25, 0.3) is 5.91 Å². The zero-order valence-corrected chi connectivity index (χ0v) is 14.2. The van der Waals surface area contributed by atoms with Crippen LogP contribution in [-0.2, 0) is 4.79 Å². The van der Waals surface area contributed by atoms with Gasteiger partial charge >= 0.3 is 0 Å². The third-order valence-electron chi connectivity index (χ3n) is 4.09. The Labute approximate surface area is 150 Å². The zero-order valence-electron chi connectivity index (χ0n) is 14.2. The molecule has 2 aliphatic rings. The van der Waals surface area contributed by atoms with E-state index in [1.165, 1.54) is 0 Å². The van der Waals surface area contributed by atoms with Crippen molar-refractivity contribution in [2.75, 3.05) is 19.8 Å². The van der Waals surface area contributed by atoms with Crippen LogP contribution < -0.4 is 24.4 Å². The van der Waals surface area contributed by atoms with E-state index in [-0.39, 0.29) is 12.5 Å². The normalized spacial score (nSPS) is 18.2. The van der Waals surface area contributed by atoms with Gasteiger partial charge in [0.15, 0.2) is 23.0 Å². The van der Waals surface area contributed by atoms with E-state index in [9.17, 15) is 4.79 Å². The van der Waals surface area contributed by atoms with Crippen LogP contribution in [0.15, 0.2) is 47.6 Å². The van der Waals surface area contributed by atoms with Crippen molar-refractivity contribution in [1.82, 2.24) is 5.43 Å². The molecular formula is C19H18N2O5. The van der Waals surface area contributed by atoms with Gasteiger partial charge in [-0.15, -0.1) is 0 Å². The Morgan fingerprint density at radius 2 is 1.73 bits per heavy atom. The summed E-state index contributed by atoms with van der Waals surface area (Å²) in [6.07, 6.45) is -0.748. The molecule has 0 radical (unpaired) electrons. The number of carbonyl (C=O) groups is 1. The number of hydrogen-bond donors (Lipinski definition) is 1. The quantitative estimate of drug-likeness (QED) is 0.675. The number of carbonyl (C=O) groups excluding carboxylic acids is 1. The first kappa shape index (κ1) is 16.3. The molecule has 4 rings (SSSR count). The lowest BCUT2D eigenvalue weighted by molar-refractivity contribution is -0.130. The first-order chi connectivity index (χ1) is 12.7. The summed E-state index contributed by atoms with van der Waals surface area (Å²) in [6, 6.07) is 12.8. The van der Waals surface area contributed by atoms with Gasteiger partial charge in [0, 0.05) is 5.56 Å². The molecule has 0 spiro atoms. The van der Waals surface area contributed by atoms with Gasteiger partial charge in [-0.3, -0.25) is 4.79 Å². The Morgan fingerprint density at radius 3 is 2.58 bits per heavy atom. The largest absolute Gasteiger partial charge is 0.486 e. The average Bonchev–Trinajstić information content (AvgIpc) is 2.71. The van der Waals surface area contributed by atoms with Gasteiger partial charge in [0.05, 0.1) is 5.71 Å². The van der Waals surface area contributed by atoms with Crippen LogP contribution in [0.25, 0.3) is 0 Å². The highest BCUT2D eigenvalue weighted by Crippen LogP contribution is 2.31. The average molecular weight is 354 g/mol. The Hall–Kier alpha value is -3.22. The van der Waals surface area contributed by atoms with Gasteiger partial charge in [-0.1, -0.05) is 12.1 Å². The standard InChI is InChI=1S/C19H18N2O5/c1-12(13-6-7-15-17(10-13)24-9-8-23-15)20-21-19(22)18-11-25-14-4-2-3-5-16(14)26-18/h2-7,10,18H,8-9,11H2,1H3,(H,21,22)/b20-12-/t18-/m1/s1. The second-order valence-corrected chi connectivity index (χ2v) is 5.90. The third kappa shape index (κ3) is 3.28. The van der Waals surface area contributed by atoms with Crippen molar-refractivity contribution in [2.24, 2.45) is 5.10 Å². The van der Waals surface area contributed by atoms with E-state index in [1.54, 1.807) is 19.1 Å². The van der Waals surface area contributed by atoms with Gasteiger partial charge in [0.1, 0.15) is 19.8 Å². The van der Waals surface area contributed by atoms with Crippen molar-refractivity contribution in [2.45, 2.75) is 13.0 Å². The second kappa shape index (κ2) is 6.95. The number of hydrazone groups is 1. The fraction of sp³-hybridized carbons (Fsp3) is 0.263. The fourth-order valence-corrected chi connectivity index (χ4v) is 2.69. The summed E-state index contributed by atoms with van der Waals surface area (Å²) in [5.41, 5.74) is 4.01. The van der Waals surface area contributed by atoms with Crippen molar-refractivity contribution < 1.29 is 23.7 Å². The molecule has 0 aromatic heterocycles. The maximum atomic E-state index is 12.3. The molecular weight excluding hydrogens is 336 g/mol. The lowest BCUT2D eigenvalue weighted by atomic mass is 10.1. The number of ether oxygens (including phenoxy) is 4. The van der Waals surface area contributed by atoms with Crippen LogP contribution in [0, 0.1) is 0 Å². The van der Waals surface area contributed by atoms with Crippen molar-refractivity contribution in [3.63, 3.8) is 0 Å². The van der Waals surface area contributed by atoms with Gasteiger partial charge in [-0.05, 0) is 37.3 Å². The molecule has 2 heterocycles. The number of benzene rings is 2. The molecule has 0 bridgehead atoms. The van der Waals surface area contributed by atoms with Gasteiger partial charge in [-0.25, -0.2) is 5.43 Å². The number of rotatable bonds is 3. The first-order valence-electron chi connectivity index (χ1n) is 8.33. The highest BCUT2D eigenvalue weighted by atomic mass is 16.6. The summed E-state index contributed by atoms with van der Waals surface area (Å²) in [6.45, 7) is 3.01. The minimum absolute atomic E-state index is 0.140. The molecule has 2 aromatic rings. The molecule has 2 aliphatic heterocycles. The summed E-state index contributed by atoms with van der Waals surface area (Å²) in [5.74, 6) is 2.20. The maximum Gasteiger partial charge on any atom is 0.284 e. The topological polar surface area (TPSA) is 78.4 Å². The van der Waals surface area contributed by atoms with E-state index in [1.807, 2.05) is 30.3 Å². The molecule has 7 heteroatoms. The summed E-state index contributed by atoms with van der Waals surface area (Å²) in [5, 5.41) is 4.16. The van der Waals surface area contributed by atoms with E-state index >= 15 is 0 Å². The van der Waals surface area contributed by atoms with Crippen LogP contribution in [0.4, 0.5) is 0 Å². The number of fused-ring (bicyclic) bond motifs is 2. The van der Waals surface area contributed by atoms with E-state index in [0.717, 1.165) is 5.56 Å². The van der Waals surface area contributed by atoms with Crippen LogP contribution in [0.1, 0.15) is 12.5 Å². The van der Waals surface area contributed by atoms with Crippen LogP contribution >= 0.6 is 0 Å². The zero-order chi connectivity index (χ0) is 17.9. The Bertz CT molecular complexity index is 865. The molecule has 2 aromatic carbocycles. The number of hydrogen-bond acceptors (Lipinski definition) is 6. The predicted molar refractivity (Wildman–Crippen MR) is 94.1 cm³/mol. The molecule has 7 nitrogen and oxygen atoms in total. The molecule has 26 heavy (non-hydrogen) atoms. The van der Waals surface area contributed by atoms with Crippen LogP contribution in [0.3, 0.4) is 0 Å². The van der Waals surface area contributed by atoms with E-state index in [4.69, 9.17) is 18.9 Å². The molecule has 1 amide bonds. The number of nitrogens with one attached hydrogen (secondary N) is 1.